The largest absolute Gasteiger partial charge is 0.343 e. The number of Topliss-reactive ketones (excluding diaryl/α,β-unsaturated/α-hetero) is 3. The van der Waals surface area contributed by atoms with Gasteiger partial charge in [-0.15, -0.1) is 0 Å². The van der Waals surface area contributed by atoms with E-state index in [1.165, 1.54) is 11.8 Å². The van der Waals surface area contributed by atoms with Crippen LogP contribution in [0.2, 0.25) is 0 Å². The predicted molar refractivity (Wildman–Crippen MR) is 85.8 cm³/mol. The molecular formula is C16H25N3O5. The van der Waals surface area contributed by atoms with E-state index in [0.717, 1.165) is 6.92 Å². The van der Waals surface area contributed by atoms with Crippen molar-refractivity contribution in [3.05, 3.63) is 0 Å². The number of hydrogen-bond donors (Lipinski definition) is 2. The molecule has 8 nitrogen and oxygen atoms in total. The molecule has 1 fully saturated rings. The molecular weight excluding hydrogens is 314 g/mol. The molecule has 1 aliphatic heterocycles. The van der Waals surface area contributed by atoms with Gasteiger partial charge in [0.15, 0.2) is 0 Å². The number of nitrogens with two attached hydrogens (primary N) is 1. The van der Waals surface area contributed by atoms with Crippen LogP contribution in [0.4, 0.5) is 0 Å². The maximum Gasteiger partial charge on any atom is 0.265 e. The Kier molecular flexibility index (Phi) is 6.77. The summed E-state index contributed by atoms with van der Waals surface area (Å²) in [5.74, 6) is -3.94. The molecule has 1 saturated heterocycles. The van der Waals surface area contributed by atoms with Crippen LogP contribution in [0.25, 0.3) is 0 Å². The first-order valence-corrected chi connectivity index (χ1v) is 8.03. The van der Waals surface area contributed by atoms with Crippen LogP contribution in [0, 0.1) is 5.92 Å². The Morgan fingerprint density at radius 2 is 1.71 bits per heavy atom. The third-order valence-corrected chi connectivity index (χ3v) is 4.03. The van der Waals surface area contributed by atoms with E-state index in [2.05, 4.69) is 5.32 Å². The monoisotopic (exact) mass is 339 g/mol. The molecule has 0 spiro atoms. The van der Waals surface area contributed by atoms with Gasteiger partial charge in [-0.25, -0.2) is 0 Å². The maximum absolute atomic E-state index is 12.8. The van der Waals surface area contributed by atoms with E-state index >= 15 is 0 Å². The quantitative estimate of drug-likeness (QED) is 0.461. The van der Waals surface area contributed by atoms with Gasteiger partial charge in [-0.1, -0.05) is 13.8 Å². The first-order chi connectivity index (χ1) is 11.1. The lowest BCUT2D eigenvalue weighted by Crippen LogP contribution is -2.56. The number of nitrogens with one attached hydrogen (secondary N) is 1. The summed E-state index contributed by atoms with van der Waals surface area (Å²) in [5, 5.41) is 2.59. The molecule has 0 aromatic rings. The van der Waals surface area contributed by atoms with Gasteiger partial charge in [-0.05, 0) is 25.7 Å². The van der Waals surface area contributed by atoms with Crippen LogP contribution in [0.3, 0.4) is 0 Å². The summed E-state index contributed by atoms with van der Waals surface area (Å²) < 4.78 is 0. The van der Waals surface area contributed by atoms with Gasteiger partial charge >= 0.3 is 0 Å². The first kappa shape index (κ1) is 20.0. The fraction of sp³-hybridized carbons (Fsp3) is 0.688. The molecule has 0 saturated carbocycles. The summed E-state index contributed by atoms with van der Waals surface area (Å²) in [6, 6.07) is -2.55. The van der Waals surface area contributed by atoms with Crippen molar-refractivity contribution >= 4 is 29.2 Å². The van der Waals surface area contributed by atoms with Crippen molar-refractivity contribution < 1.29 is 24.0 Å². The van der Waals surface area contributed by atoms with Gasteiger partial charge < -0.3 is 16.0 Å². The Hall–Kier alpha value is -2.09. The SMILES string of the molecule is CC(=O)C(=O)C(=O)[C@@H]1CCCN1C(=O)[C@@H](NC(=O)[C@H](C)N)C(C)C. The Morgan fingerprint density at radius 3 is 2.17 bits per heavy atom. The van der Waals surface area contributed by atoms with Gasteiger partial charge in [0.05, 0.1) is 12.1 Å². The Morgan fingerprint density at radius 1 is 1.12 bits per heavy atom. The minimum atomic E-state index is -1.10. The molecule has 0 bridgehead atoms. The molecule has 0 aliphatic carbocycles. The second-order valence-electron chi connectivity index (χ2n) is 6.46. The number of nitrogens with zero attached hydrogens (tertiary/aromatic N) is 1. The third-order valence-electron chi connectivity index (χ3n) is 4.03. The Balaban J connectivity index is 2.96. The zero-order valence-electron chi connectivity index (χ0n) is 14.5. The molecule has 3 N–H and O–H groups in total. The fourth-order valence-electron chi connectivity index (χ4n) is 2.60. The standard InChI is InChI=1S/C16H25N3O5/c1-8(2)12(18-15(23)9(3)17)16(24)19-7-5-6-11(19)14(22)13(21)10(4)20/h8-9,11-12H,5-7,17H2,1-4H3,(H,18,23)/t9-,11-,12-/m0/s1. The lowest BCUT2D eigenvalue weighted by Gasteiger charge is -2.30. The van der Waals surface area contributed by atoms with E-state index in [-0.39, 0.29) is 5.92 Å². The van der Waals surface area contributed by atoms with E-state index in [1.807, 2.05) is 0 Å². The van der Waals surface area contributed by atoms with Crippen molar-refractivity contribution in [2.75, 3.05) is 6.54 Å². The van der Waals surface area contributed by atoms with Gasteiger partial charge in [0.1, 0.15) is 6.04 Å². The topological polar surface area (TPSA) is 127 Å². The van der Waals surface area contributed by atoms with Crippen molar-refractivity contribution in [1.29, 1.82) is 0 Å². The summed E-state index contributed by atoms with van der Waals surface area (Å²) in [7, 11) is 0. The Bertz CT molecular complexity index is 556. The molecule has 1 rings (SSSR count). The van der Waals surface area contributed by atoms with Gasteiger partial charge in [-0.3, -0.25) is 24.0 Å². The van der Waals surface area contributed by atoms with Crippen LogP contribution in [-0.2, 0) is 24.0 Å². The molecule has 8 heteroatoms. The highest BCUT2D eigenvalue weighted by atomic mass is 16.2. The van der Waals surface area contributed by atoms with E-state index in [9.17, 15) is 24.0 Å². The van der Waals surface area contributed by atoms with Crippen LogP contribution >= 0.6 is 0 Å². The molecule has 1 aliphatic rings. The smallest absolute Gasteiger partial charge is 0.265 e. The molecule has 24 heavy (non-hydrogen) atoms. The number of likely N-dealkylation sites (tertiary alicyclic amines) is 1. The van der Waals surface area contributed by atoms with Gasteiger partial charge in [0, 0.05) is 13.5 Å². The summed E-state index contributed by atoms with van der Waals surface area (Å²) in [4.78, 5) is 60.8. The number of hydrogen-bond acceptors (Lipinski definition) is 6. The predicted octanol–water partition coefficient (Wildman–Crippen LogP) is -0.807. The highest BCUT2D eigenvalue weighted by Gasteiger charge is 2.41. The van der Waals surface area contributed by atoms with Crippen molar-refractivity contribution in [3.8, 4) is 0 Å². The summed E-state index contributed by atoms with van der Waals surface area (Å²) in [6.45, 7) is 6.36. The first-order valence-electron chi connectivity index (χ1n) is 8.03. The molecule has 2 amide bonds. The number of ketones is 3. The minimum absolute atomic E-state index is 0.222. The molecule has 0 unspecified atom stereocenters. The number of carbonyl (C=O) groups is 5. The number of carbonyl (C=O) groups excluding carboxylic acids is 5. The van der Waals surface area contributed by atoms with Crippen LogP contribution in [-0.4, -0.2) is 58.7 Å². The zero-order valence-corrected chi connectivity index (χ0v) is 14.5. The van der Waals surface area contributed by atoms with Crippen molar-refractivity contribution in [2.24, 2.45) is 11.7 Å². The Labute approximate surface area is 141 Å². The van der Waals surface area contributed by atoms with Gasteiger partial charge in [0.25, 0.3) is 5.78 Å². The molecule has 0 aromatic heterocycles. The molecule has 1 heterocycles. The molecule has 134 valence electrons. The minimum Gasteiger partial charge on any atom is -0.343 e. The second-order valence-corrected chi connectivity index (χ2v) is 6.46. The van der Waals surface area contributed by atoms with Crippen molar-refractivity contribution in [2.45, 2.75) is 58.7 Å². The highest BCUT2D eigenvalue weighted by Crippen LogP contribution is 2.21. The average molecular weight is 339 g/mol. The van der Waals surface area contributed by atoms with Crippen molar-refractivity contribution in [3.63, 3.8) is 0 Å². The summed E-state index contributed by atoms with van der Waals surface area (Å²) in [6.07, 6.45) is 0.884. The second kappa shape index (κ2) is 8.14. The van der Waals surface area contributed by atoms with E-state index in [1.54, 1.807) is 13.8 Å². The molecule has 3 atom stereocenters. The highest BCUT2D eigenvalue weighted by molar-refractivity contribution is 6.64. The van der Waals surface area contributed by atoms with Gasteiger partial charge in [0.2, 0.25) is 23.4 Å². The fourth-order valence-corrected chi connectivity index (χ4v) is 2.60. The lowest BCUT2D eigenvalue weighted by molar-refractivity contribution is -0.148. The molecule has 0 aromatic carbocycles. The van der Waals surface area contributed by atoms with E-state index in [0.29, 0.717) is 19.4 Å². The maximum atomic E-state index is 12.8. The van der Waals surface area contributed by atoms with E-state index < -0.39 is 47.3 Å². The summed E-state index contributed by atoms with van der Waals surface area (Å²) >= 11 is 0. The third kappa shape index (κ3) is 4.47. The van der Waals surface area contributed by atoms with E-state index in [4.69, 9.17) is 5.73 Å². The number of rotatable bonds is 7. The molecule has 0 radical (unpaired) electrons. The lowest BCUT2D eigenvalue weighted by atomic mass is 10.00. The number of amides is 2. The van der Waals surface area contributed by atoms with Crippen LogP contribution in [0.15, 0.2) is 0 Å². The normalized spacial score (nSPS) is 19.8. The van der Waals surface area contributed by atoms with Crippen LogP contribution < -0.4 is 11.1 Å². The average Bonchev–Trinajstić information content (AvgIpc) is 2.98. The van der Waals surface area contributed by atoms with Crippen LogP contribution in [0.5, 0.6) is 0 Å². The van der Waals surface area contributed by atoms with Crippen molar-refractivity contribution in [1.82, 2.24) is 10.2 Å². The van der Waals surface area contributed by atoms with Gasteiger partial charge in [-0.2, -0.15) is 0 Å². The zero-order chi connectivity index (χ0) is 18.6. The summed E-state index contributed by atoms with van der Waals surface area (Å²) in [5.41, 5.74) is 5.51. The van der Waals surface area contributed by atoms with Crippen LogP contribution in [0.1, 0.15) is 40.5 Å².